The molecule has 0 spiro atoms. The molecule has 3 aromatic rings. The van der Waals surface area contributed by atoms with Gasteiger partial charge in [-0.25, -0.2) is 14.4 Å². The highest BCUT2D eigenvalue weighted by Crippen LogP contribution is 2.33. The first-order chi connectivity index (χ1) is 12.9. The lowest BCUT2D eigenvalue weighted by atomic mass is 9.95. The number of aromatic nitrogens is 4. The summed E-state index contributed by atoms with van der Waals surface area (Å²) in [5.41, 5.74) is 4.74. The van der Waals surface area contributed by atoms with Gasteiger partial charge in [-0.15, -0.1) is 0 Å². The van der Waals surface area contributed by atoms with Crippen LogP contribution in [0.25, 0.3) is 11.4 Å². The summed E-state index contributed by atoms with van der Waals surface area (Å²) < 4.78 is 13.6. The average molecular weight is 406 g/mol. The van der Waals surface area contributed by atoms with Gasteiger partial charge in [-0.3, -0.25) is 10.00 Å². The molecule has 0 fully saturated rings. The zero-order valence-corrected chi connectivity index (χ0v) is 16.4. The molecule has 1 aliphatic heterocycles. The lowest BCUT2D eigenvalue weighted by molar-refractivity contribution is 0.172. The minimum atomic E-state index is -0.505. The minimum Gasteiger partial charge on any atom is -0.290 e. The van der Waals surface area contributed by atoms with Crippen molar-refractivity contribution in [1.29, 1.82) is 0 Å². The van der Waals surface area contributed by atoms with Crippen LogP contribution in [0.3, 0.4) is 0 Å². The Morgan fingerprint density at radius 3 is 2.78 bits per heavy atom. The predicted molar refractivity (Wildman–Crippen MR) is 103 cm³/mol. The van der Waals surface area contributed by atoms with Gasteiger partial charge in [-0.2, -0.15) is 5.10 Å². The van der Waals surface area contributed by atoms with Crippen molar-refractivity contribution in [3.8, 4) is 11.4 Å². The summed E-state index contributed by atoms with van der Waals surface area (Å²) >= 11 is 12.2. The van der Waals surface area contributed by atoms with E-state index in [9.17, 15) is 4.39 Å². The van der Waals surface area contributed by atoms with Crippen LogP contribution < -0.4 is 0 Å². The summed E-state index contributed by atoms with van der Waals surface area (Å²) in [5, 5.41) is 7.27. The van der Waals surface area contributed by atoms with Crippen LogP contribution in [-0.4, -0.2) is 31.1 Å². The van der Waals surface area contributed by atoms with E-state index in [2.05, 4.69) is 32.0 Å². The molecule has 5 nitrogen and oxygen atoms in total. The number of H-pyrrole nitrogens is 1. The summed E-state index contributed by atoms with van der Waals surface area (Å²) in [5.74, 6) is 0.214. The highest BCUT2D eigenvalue weighted by Gasteiger charge is 2.28. The van der Waals surface area contributed by atoms with E-state index in [0.717, 1.165) is 40.5 Å². The van der Waals surface area contributed by atoms with Gasteiger partial charge in [-0.1, -0.05) is 29.3 Å². The number of benzene rings is 1. The second kappa shape index (κ2) is 7.19. The zero-order chi connectivity index (χ0) is 19.1. The molecule has 140 valence electrons. The Hall–Kier alpha value is -2.02. The third kappa shape index (κ3) is 3.45. The van der Waals surface area contributed by atoms with Gasteiger partial charge in [0.15, 0.2) is 0 Å². The van der Waals surface area contributed by atoms with Crippen molar-refractivity contribution in [2.45, 2.75) is 39.4 Å². The number of rotatable bonds is 3. The first kappa shape index (κ1) is 18.3. The summed E-state index contributed by atoms with van der Waals surface area (Å²) in [6, 6.07) is 5.20. The molecule has 0 bridgehead atoms. The fraction of sp³-hybridized carbons (Fsp3) is 0.316. The third-order valence-corrected chi connectivity index (χ3v) is 5.82. The van der Waals surface area contributed by atoms with E-state index in [1.54, 1.807) is 12.3 Å². The molecule has 1 N–H and O–H groups in total. The number of hydrogen-bond acceptors (Lipinski definition) is 4. The molecular formula is C19H18Cl2FN5. The van der Waals surface area contributed by atoms with E-state index in [0.29, 0.717) is 13.1 Å². The van der Waals surface area contributed by atoms with E-state index in [-0.39, 0.29) is 16.1 Å². The highest BCUT2D eigenvalue weighted by molar-refractivity contribution is 6.42. The number of halogens is 3. The Morgan fingerprint density at radius 1 is 1.22 bits per heavy atom. The van der Waals surface area contributed by atoms with Crippen molar-refractivity contribution < 1.29 is 4.39 Å². The van der Waals surface area contributed by atoms with E-state index in [1.807, 2.05) is 13.0 Å². The average Bonchev–Trinajstić information content (AvgIpc) is 3.17. The zero-order valence-electron chi connectivity index (χ0n) is 14.9. The van der Waals surface area contributed by atoms with E-state index < -0.39 is 5.82 Å². The van der Waals surface area contributed by atoms with Crippen LogP contribution in [0.15, 0.2) is 24.4 Å². The first-order valence-electron chi connectivity index (χ1n) is 8.66. The Kier molecular flexibility index (Phi) is 4.88. The van der Waals surface area contributed by atoms with Crippen LogP contribution in [0.4, 0.5) is 4.39 Å². The molecule has 1 aliphatic rings. The van der Waals surface area contributed by atoms with Crippen LogP contribution in [0, 0.1) is 12.7 Å². The van der Waals surface area contributed by atoms with Gasteiger partial charge >= 0.3 is 0 Å². The standard InChI is InChI=1S/C19H18Cl2FN5/c1-10-7-13-16(24-11(2)25-19(13)15-5-6-23-26-15)9-27(10)8-12-3-4-14(22)18(21)17(12)20/h3-6,10H,7-9H2,1-2H3,(H,23,26)/t10-/m1/s1. The predicted octanol–water partition coefficient (Wildman–Crippen LogP) is 4.57. The molecule has 4 rings (SSSR count). The third-order valence-electron chi connectivity index (χ3n) is 4.92. The molecule has 0 aliphatic carbocycles. The van der Waals surface area contributed by atoms with E-state index in [1.165, 1.54) is 6.07 Å². The molecule has 8 heteroatoms. The molecule has 27 heavy (non-hydrogen) atoms. The quantitative estimate of drug-likeness (QED) is 0.648. The maximum absolute atomic E-state index is 13.6. The smallest absolute Gasteiger partial charge is 0.143 e. The number of nitrogens with one attached hydrogen (secondary N) is 1. The van der Waals surface area contributed by atoms with Crippen LogP contribution in [0.2, 0.25) is 10.0 Å². The van der Waals surface area contributed by atoms with Crippen molar-refractivity contribution >= 4 is 23.2 Å². The second-order valence-electron chi connectivity index (χ2n) is 6.81. The molecule has 1 atom stereocenters. The van der Waals surface area contributed by atoms with E-state index in [4.69, 9.17) is 23.2 Å². The molecule has 0 radical (unpaired) electrons. The topological polar surface area (TPSA) is 57.7 Å². The van der Waals surface area contributed by atoms with Crippen molar-refractivity contribution in [2.24, 2.45) is 0 Å². The number of hydrogen-bond donors (Lipinski definition) is 1. The fourth-order valence-corrected chi connectivity index (χ4v) is 3.90. The van der Waals surface area contributed by atoms with Gasteiger partial charge in [0.05, 0.1) is 27.1 Å². The highest BCUT2D eigenvalue weighted by atomic mass is 35.5. The van der Waals surface area contributed by atoms with Crippen molar-refractivity contribution in [3.05, 3.63) is 62.9 Å². The van der Waals surface area contributed by atoms with Crippen molar-refractivity contribution in [3.63, 3.8) is 0 Å². The van der Waals surface area contributed by atoms with Gasteiger partial charge in [0.1, 0.15) is 11.6 Å². The lowest BCUT2D eigenvalue weighted by Crippen LogP contribution is -2.39. The lowest BCUT2D eigenvalue weighted by Gasteiger charge is -2.35. The maximum Gasteiger partial charge on any atom is 0.143 e. The number of fused-ring (bicyclic) bond motifs is 1. The molecule has 0 unspecified atom stereocenters. The molecule has 2 aromatic heterocycles. The maximum atomic E-state index is 13.6. The second-order valence-corrected chi connectivity index (χ2v) is 7.56. The summed E-state index contributed by atoms with van der Waals surface area (Å²) in [6.45, 7) is 5.27. The Bertz CT molecular complexity index is 990. The largest absolute Gasteiger partial charge is 0.290 e. The molecule has 3 heterocycles. The van der Waals surface area contributed by atoms with Crippen molar-refractivity contribution in [1.82, 2.24) is 25.1 Å². The summed E-state index contributed by atoms with van der Waals surface area (Å²) in [7, 11) is 0. The van der Waals surface area contributed by atoms with Crippen LogP contribution in [0.5, 0.6) is 0 Å². The minimum absolute atomic E-state index is 0.0288. The molecule has 0 amide bonds. The Balaban J connectivity index is 1.67. The summed E-state index contributed by atoms with van der Waals surface area (Å²) in [6.07, 6.45) is 2.52. The van der Waals surface area contributed by atoms with Crippen molar-refractivity contribution in [2.75, 3.05) is 0 Å². The van der Waals surface area contributed by atoms with Crippen LogP contribution in [0.1, 0.15) is 29.6 Å². The number of aromatic amines is 1. The summed E-state index contributed by atoms with van der Waals surface area (Å²) in [4.78, 5) is 11.6. The Morgan fingerprint density at radius 2 is 2.04 bits per heavy atom. The molecule has 0 saturated carbocycles. The number of nitrogens with zero attached hydrogens (tertiary/aromatic N) is 4. The fourth-order valence-electron chi connectivity index (χ4n) is 3.50. The SMILES string of the molecule is Cc1nc2c(c(-c3ccn[nH]3)n1)C[C@@H](C)N(Cc1ccc(F)c(Cl)c1Cl)C2. The van der Waals surface area contributed by atoms with Gasteiger partial charge in [-0.05, 0) is 38.0 Å². The first-order valence-corrected chi connectivity index (χ1v) is 9.42. The van der Waals surface area contributed by atoms with E-state index >= 15 is 0 Å². The van der Waals surface area contributed by atoms with Gasteiger partial charge in [0, 0.05) is 30.9 Å². The van der Waals surface area contributed by atoms with Gasteiger partial charge < -0.3 is 0 Å². The molecule has 0 saturated heterocycles. The van der Waals surface area contributed by atoms with Gasteiger partial charge in [0.2, 0.25) is 0 Å². The molecular weight excluding hydrogens is 388 g/mol. The molecule has 1 aromatic carbocycles. The van der Waals surface area contributed by atoms with Crippen LogP contribution in [-0.2, 0) is 19.5 Å². The monoisotopic (exact) mass is 405 g/mol. The van der Waals surface area contributed by atoms with Gasteiger partial charge in [0.25, 0.3) is 0 Å². The Labute approximate surface area is 166 Å². The number of aryl methyl sites for hydroxylation is 1. The van der Waals surface area contributed by atoms with Crippen LogP contribution >= 0.6 is 23.2 Å². The normalized spacial score (nSPS) is 17.1.